The molecule has 2 N–H and O–H groups in total. The number of thioether (sulfide) groups is 1. The monoisotopic (exact) mass is 370 g/mol. The van der Waals surface area contributed by atoms with Crippen LogP contribution in [0.2, 0.25) is 5.02 Å². The summed E-state index contributed by atoms with van der Waals surface area (Å²) in [7, 11) is 1.80. The van der Waals surface area contributed by atoms with Gasteiger partial charge in [-0.2, -0.15) is 11.8 Å². The van der Waals surface area contributed by atoms with Gasteiger partial charge in [-0.05, 0) is 24.0 Å². The summed E-state index contributed by atoms with van der Waals surface area (Å²) < 4.78 is 5.50. The summed E-state index contributed by atoms with van der Waals surface area (Å²) in [5.41, 5.74) is 1.22. The van der Waals surface area contributed by atoms with Gasteiger partial charge in [0.25, 0.3) is 0 Å². The summed E-state index contributed by atoms with van der Waals surface area (Å²) in [5.74, 6) is 1.89. The molecule has 24 heavy (non-hydrogen) atoms. The third kappa shape index (κ3) is 6.16. The fraction of sp³-hybridized carbons (Fsp3) is 0.588. The van der Waals surface area contributed by atoms with Crippen LogP contribution in [0.25, 0.3) is 0 Å². The van der Waals surface area contributed by atoms with Crippen molar-refractivity contribution >= 4 is 29.3 Å². The van der Waals surface area contributed by atoms with Crippen molar-refractivity contribution in [2.24, 2.45) is 4.99 Å². The number of halogens is 1. The molecule has 1 unspecified atom stereocenters. The number of nitrogens with one attached hydrogen (secondary N) is 2. The van der Waals surface area contributed by atoms with Gasteiger partial charge in [-0.25, -0.2) is 0 Å². The molecule has 0 saturated carbocycles. The highest BCUT2D eigenvalue weighted by Crippen LogP contribution is 2.23. The molecular weight excluding hydrogens is 344 g/mol. The van der Waals surface area contributed by atoms with Gasteiger partial charge in [-0.15, -0.1) is 0 Å². The number of hydrogen-bond donors (Lipinski definition) is 2. The summed E-state index contributed by atoms with van der Waals surface area (Å²) in [6.07, 6.45) is 2.10. The summed E-state index contributed by atoms with van der Waals surface area (Å²) in [6.45, 7) is 5.09. The first kappa shape index (κ1) is 19.4. The Morgan fingerprint density at radius 2 is 2.17 bits per heavy atom. The molecule has 0 aromatic heterocycles. The first-order chi connectivity index (χ1) is 11.7. The highest BCUT2D eigenvalue weighted by Gasteiger charge is 2.23. The molecule has 0 bridgehead atoms. The van der Waals surface area contributed by atoms with Crippen molar-refractivity contribution in [1.82, 2.24) is 15.5 Å². The van der Waals surface area contributed by atoms with Crippen LogP contribution in [0.4, 0.5) is 0 Å². The predicted octanol–water partition coefficient (Wildman–Crippen LogP) is 2.24. The summed E-state index contributed by atoms with van der Waals surface area (Å²) in [6, 6.07) is 8.35. The van der Waals surface area contributed by atoms with E-state index in [0.717, 1.165) is 56.1 Å². The zero-order valence-corrected chi connectivity index (χ0v) is 16.0. The molecule has 0 spiro atoms. The van der Waals surface area contributed by atoms with Crippen molar-refractivity contribution in [1.29, 1.82) is 0 Å². The number of benzene rings is 1. The van der Waals surface area contributed by atoms with E-state index in [2.05, 4.69) is 32.8 Å². The maximum atomic E-state index is 6.20. The van der Waals surface area contributed by atoms with Crippen LogP contribution in [0.15, 0.2) is 29.3 Å². The second kappa shape index (κ2) is 10.8. The molecule has 1 aromatic rings. The smallest absolute Gasteiger partial charge is 0.191 e. The van der Waals surface area contributed by atoms with Crippen LogP contribution in [0, 0.1) is 0 Å². The normalized spacial score (nSPS) is 17.5. The Bertz CT molecular complexity index is 523. The number of ether oxygens (including phenoxy) is 1. The molecule has 0 aliphatic carbocycles. The van der Waals surface area contributed by atoms with Crippen LogP contribution in [0.5, 0.6) is 0 Å². The minimum Gasteiger partial charge on any atom is -0.379 e. The first-order valence-electron chi connectivity index (χ1n) is 8.25. The number of guanidine groups is 1. The Labute approximate surface area is 154 Å². The van der Waals surface area contributed by atoms with Gasteiger partial charge in [0.1, 0.15) is 0 Å². The maximum absolute atomic E-state index is 6.20. The van der Waals surface area contributed by atoms with Crippen molar-refractivity contribution in [3.8, 4) is 0 Å². The summed E-state index contributed by atoms with van der Waals surface area (Å²) in [5, 5.41) is 7.56. The predicted molar refractivity (Wildman–Crippen MR) is 104 cm³/mol. The van der Waals surface area contributed by atoms with Crippen molar-refractivity contribution in [2.45, 2.75) is 6.04 Å². The largest absolute Gasteiger partial charge is 0.379 e. The third-order valence-electron chi connectivity index (χ3n) is 4.00. The van der Waals surface area contributed by atoms with E-state index in [9.17, 15) is 0 Å². The summed E-state index contributed by atoms with van der Waals surface area (Å²) in [4.78, 5) is 6.75. The van der Waals surface area contributed by atoms with E-state index >= 15 is 0 Å². The fourth-order valence-electron chi connectivity index (χ4n) is 2.75. The lowest BCUT2D eigenvalue weighted by Gasteiger charge is -2.35. The van der Waals surface area contributed by atoms with Crippen LogP contribution in [-0.2, 0) is 4.74 Å². The van der Waals surface area contributed by atoms with Gasteiger partial charge in [-0.3, -0.25) is 9.89 Å². The average molecular weight is 371 g/mol. The topological polar surface area (TPSA) is 48.9 Å². The standard InChI is InChI=1S/C17H27ClN4OS/c1-19-17(20-6-11-24-2)21-13-16(22-7-9-23-10-8-22)14-4-3-5-15(18)12-14/h3-5,12,16H,6-11,13H2,1-2H3,(H2,19,20,21). The van der Waals surface area contributed by atoms with Crippen molar-refractivity contribution in [2.75, 3.05) is 58.4 Å². The number of nitrogens with zero attached hydrogens (tertiary/aromatic N) is 2. The van der Waals surface area contributed by atoms with E-state index in [1.807, 2.05) is 30.0 Å². The molecule has 1 saturated heterocycles. The lowest BCUT2D eigenvalue weighted by molar-refractivity contribution is 0.0170. The Kier molecular flexibility index (Phi) is 8.74. The molecule has 1 aliphatic rings. The number of morpholine rings is 1. The zero-order valence-electron chi connectivity index (χ0n) is 14.4. The van der Waals surface area contributed by atoms with E-state index in [0.29, 0.717) is 0 Å². The Hall–Kier alpha value is -0.950. The Morgan fingerprint density at radius 1 is 1.38 bits per heavy atom. The van der Waals surface area contributed by atoms with E-state index in [-0.39, 0.29) is 6.04 Å². The average Bonchev–Trinajstić information content (AvgIpc) is 2.61. The molecule has 1 atom stereocenters. The van der Waals surface area contributed by atoms with Crippen molar-refractivity contribution in [3.63, 3.8) is 0 Å². The second-order valence-corrected chi connectivity index (χ2v) is 7.01. The lowest BCUT2D eigenvalue weighted by atomic mass is 10.0. The highest BCUT2D eigenvalue weighted by molar-refractivity contribution is 7.98. The fourth-order valence-corrected chi connectivity index (χ4v) is 3.25. The molecule has 2 rings (SSSR count). The van der Waals surface area contributed by atoms with Gasteiger partial charge in [0.2, 0.25) is 0 Å². The van der Waals surface area contributed by atoms with E-state index in [4.69, 9.17) is 16.3 Å². The molecular formula is C17H27ClN4OS. The van der Waals surface area contributed by atoms with E-state index in [1.165, 1.54) is 5.56 Å². The van der Waals surface area contributed by atoms with Gasteiger partial charge in [0.05, 0.1) is 19.3 Å². The maximum Gasteiger partial charge on any atom is 0.191 e. The van der Waals surface area contributed by atoms with Crippen LogP contribution in [0.3, 0.4) is 0 Å². The van der Waals surface area contributed by atoms with Gasteiger partial charge >= 0.3 is 0 Å². The lowest BCUT2D eigenvalue weighted by Crippen LogP contribution is -2.46. The molecule has 134 valence electrons. The quantitative estimate of drug-likeness (QED) is 0.438. The van der Waals surface area contributed by atoms with Gasteiger partial charge < -0.3 is 15.4 Å². The van der Waals surface area contributed by atoms with Gasteiger partial charge in [0, 0.05) is 44.0 Å². The molecule has 0 amide bonds. The molecule has 1 aliphatic heterocycles. The zero-order chi connectivity index (χ0) is 17.2. The molecule has 1 aromatic carbocycles. The van der Waals surface area contributed by atoms with Gasteiger partial charge in [-0.1, -0.05) is 23.7 Å². The molecule has 1 heterocycles. The van der Waals surface area contributed by atoms with Crippen molar-refractivity contribution in [3.05, 3.63) is 34.9 Å². The number of aliphatic imine (C=N–C) groups is 1. The van der Waals surface area contributed by atoms with Crippen LogP contribution >= 0.6 is 23.4 Å². The first-order valence-corrected chi connectivity index (χ1v) is 10.0. The number of rotatable bonds is 7. The Morgan fingerprint density at radius 3 is 2.83 bits per heavy atom. The van der Waals surface area contributed by atoms with E-state index in [1.54, 1.807) is 7.05 Å². The molecule has 5 nitrogen and oxygen atoms in total. The van der Waals surface area contributed by atoms with Crippen LogP contribution in [-0.4, -0.2) is 69.3 Å². The molecule has 7 heteroatoms. The number of hydrogen-bond acceptors (Lipinski definition) is 4. The van der Waals surface area contributed by atoms with Crippen LogP contribution in [0.1, 0.15) is 11.6 Å². The molecule has 1 fully saturated rings. The highest BCUT2D eigenvalue weighted by atomic mass is 35.5. The Balaban J connectivity index is 2.02. The van der Waals surface area contributed by atoms with Crippen LogP contribution < -0.4 is 10.6 Å². The molecule has 0 radical (unpaired) electrons. The third-order valence-corrected chi connectivity index (χ3v) is 4.85. The second-order valence-electron chi connectivity index (χ2n) is 5.59. The van der Waals surface area contributed by atoms with Crippen molar-refractivity contribution < 1.29 is 4.74 Å². The van der Waals surface area contributed by atoms with E-state index < -0.39 is 0 Å². The minimum atomic E-state index is 0.242. The van der Waals surface area contributed by atoms with Gasteiger partial charge in [0.15, 0.2) is 5.96 Å². The minimum absolute atomic E-state index is 0.242. The SMILES string of the molecule is CN=C(NCCSC)NCC(c1cccc(Cl)c1)N1CCOCC1. The summed E-state index contributed by atoms with van der Waals surface area (Å²) >= 11 is 8.02.